The topological polar surface area (TPSA) is 32.3 Å². The Kier molecular flexibility index (Phi) is 3.64. The van der Waals surface area contributed by atoms with Crippen LogP contribution in [0.25, 0.3) is 0 Å². The lowest BCUT2D eigenvalue weighted by Gasteiger charge is -2.43. The smallest absolute Gasteiger partial charge is 0.223 e. The zero-order chi connectivity index (χ0) is 15.2. The predicted molar refractivity (Wildman–Crippen MR) is 86.6 cm³/mol. The maximum absolute atomic E-state index is 12.2. The molecule has 1 amide bonds. The van der Waals surface area contributed by atoms with E-state index in [1.165, 1.54) is 5.56 Å². The Hall–Kier alpha value is -1.22. The van der Waals surface area contributed by atoms with Gasteiger partial charge in [-0.25, -0.2) is 0 Å². The molecule has 0 unspecified atom stereocenters. The number of anilines is 1. The van der Waals surface area contributed by atoms with Crippen LogP contribution in [0.1, 0.15) is 51.6 Å². The highest BCUT2D eigenvalue weighted by atomic mass is 35.5. The van der Waals surface area contributed by atoms with Gasteiger partial charge in [0.2, 0.25) is 5.91 Å². The molecule has 114 valence electrons. The highest BCUT2D eigenvalue weighted by Gasteiger charge is 2.38. The number of nitrogens with zero attached hydrogens (tertiary/aromatic N) is 1. The molecule has 2 aliphatic rings. The summed E-state index contributed by atoms with van der Waals surface area (Å²) in [5.74, 6) is 0.278. The maximum atomic E-state index is 12.2. The van der Waals surface area contributed by atoms with E-state index in [0.717, 1.165) is 30.1 Å². The van der Waals surface area contributed by atoms with Crippen LogP contribution in [-0.4, -0.2) is 23.4 Å². The van der Waals surface area contributed by atoms with Crippen LogP contribution in [-0.2, 0) is 4.79 Å². The van der Waals surface area contributed by atoms with Gasteiger partial charge in [-0.1, -0.05) is 32.4 Å². The number of nitrogens with one attached hydrogen (secondary N) is 1. The molecule has 1 N–H and O–H groups in total. The molecule has 0 radical (unpaired) electrons. The summed E-state index contributed by atoms with van der Waals surface area (Å²) in [6.45, 7) is 7.60. The average Bonchev–Trinajstić information content (AvgIpc) is 2.82. The fraction of sp³-hybridized carbons (Fsp3) is 0.588. The summed E-state index contributed by atoms with van der Waals surface area (Å²) in [6.07, 6.45) is 2.60. The first-order valence-electron chi connectivity index (χ1n) is 7.72. The lowest BCUT2D eigenvalue weighted by atomic mass is 9.78. The van der Waals surface area contributed by atoms with Crippen molar-refractivity contribution in [3.8, 4) is 0 Å². The molecule has 2 atom stereocenters. The normalized spacial score (nSPS) is 25.7. The van der Waals surface area contributed by atoms with Gasteiger partial charge in [-0.2, -0.15) is 0 Å². The summed E-state index contributed by atoms with van der Waals surface area (Å²) in [7, 11) is 0. The van der Waals surface area contributed by atoms with Crippen LogP contribution in [0.2, 0.25) is 5.02 Å². The second kappa shape index (κ2) is 5.20. The molecular weight excluding hydrogens is 284 g/mol. The van der Waals surface area contributed by atoms with Gasteiger partial charge < -0.3 is 10.2 Å². The molecule has 0 aliphatic carbocycles. The molecule has 0 bridgehead atoms. The Morgan fingerprint density at radius 2 is 2.10 bits per heavy atom. The third-order valence-corrected chi connectivity index (χ3v) is 4.93. The van der Waals surface area contributed by atoms with E-state index in [4.69, 9.17) is 11.6 Å². The third kappa shape index (κ3) is 2.76. The summed E-state index contributed by atoms with van der Waals surface area (Å²) in [6, 6.07) is 6.48. The van der Waals surface area contributed by atoms with Crippen molar-refractivity contribution < 1.29 is 4.79 Å². The van der Waals surface area contributed by atoms with Crippen LogP contribution >= 0.6 is 11.6 Å². The molecule has 0 aromatic heterocycles. The fourth-order valence-electron chi connectivity index (χ4n) is 3.40. The summed E-state index contributed by atoms with van der Waals surface area (Å²) in [4.78, 5) is 14.2. The lowest BCUT2D eigenvalue weighted by Crippen LogP contribution is -2.43. The van der Waals surface area contributed by atoms with Gasteiger partial charge in [0.05, 0.1) is 6.04 Å². The molecule has 21 heavy (non-hydrogen) atoms. The van der Waals surface area contributed by atoms with Crippen LogP contribution in [0.3, 0.4) is 0 Å². The first-order valence-corrected chi connectivity index (χ1v) is 8.09. The number of benzene rings is 1. The van der Waals surface area contributed by atoms with E-state index in [0.29, 0.717) is 12.5 Å². The van der Waals surface area contributed by atoms with Crippen molar-refractivity contribution in [1.82, 2.24) is 4.90 Å². The van der Waals surface area contributed by atoms with Crippen molar-refractivity contribution in [3.05, 3.63) is 28.8 Å². The van der Waals surface area contributed by atoms with Crippen LogP contribution in [0, 0.1) is 5.41 Å². The van der Waals surface area contributed by atoms with E-state index >= 15 is 0 Å². The Balaban J connectivity index is 2.01. The van der Waals surface area contributed by atoms with Crippen LogP contribution < -0.4 is 5.32 Å². The Morgan fingerprint density at radius 1 is 1.33 bits per heavy atom. The molecule has 1 aromatic rings. The monoisotopic (exact) mass is 306 g/mol. The quantitative estimate of drug-likeness (QED) is 0.842. The minimum Gasteiger partial charge on any atom is -0.381 e. The standard InChI is InChI=1S/C17H23ClN2O/c1-17(2,3)15-10-14(20-8-4-5-16(20)21)12-9-11(18)6-7-13(12)19-15/h6-7,9,14-15,19H,4-5,8,10H2,1-3H3/t14-,15-/m0/s1. The van der Waals surface area contributed by atoms with Crippen molar-refractivity contribution >= 4 is 23.2 Å². The molecular formula is C17H23ClN2O. The van der Waals surface area contributed by atoms with E-state index in [2.05, 4.69) is 31.0 Å². The second-order valence-electron chi connectivity index (χ2n) is 7.24. The SMILES string of the molecule is CC(C)(C)[C@@H]1C[C@H](N2CCCC2=O)c2cc(Cl)ccc2N1. The largest absolute Gasteiger partial charge is 0.381 e. The number of fused-ring (bicyclic) bond motifs is 1. The predicted octanol–water partition coefficient (Wildman–Crippen LogP) is 4.23. The third-order valence-electron chi connectivity index (χ3n) is 4.69. The first-order chi connectivity index (χ1) is 9.86. The van der Waals surface area contributed by atoms with Gasteiger partial charge in [0.25, 0.3) is 0 Å². The summed E-state index contributed by atoms with van der Waals surface area (Å²) >= 11 is 6.18. The molecule has 3 rings (SSSR count). The van der Waals surface area contributed by atoms with Gasteiger partial charge in [0.1, 0.15) is 0 Å². The molecule has 3 nitrogen and oxygen atoms in total. The highest BCUT2D eigenvalue weighted by molar-refractivity contribution is 6.30. The summed E-state index contributed by atoms with van der Waals surface area (Å²) in [5.41, 5.74) is 2.44. The Labute approximate surface area is 131 Å². The summed E-state index contributed by atoms with van der Waals surface area (Å²) in [5, 5.41) is 4.37. The molecule has 1 aromatic carbocycles. The molecule has 2 heterocycles. The number of likely N-dealkylation sites (tertiary alicyclic amines) is 1. The summed E-state index contributed by atoms with van der Waals surface area (Å²) < 4.78 is 0. The van der Waals surface area contributed by atoms with Crippen LogP contribution in [0.4, 0.5) is 5.69 Å². The van der Waals surface area contributed by atoms with E-state index in [1.807, 2.05) is 18.2 Å². The van der Waals surface area contributed by atoms with Gasteiger partial charge in [-0.3, -0.25) is 4.79 Å². The minimum absolute atomic E-state index is 0.151. The van der Waals surface area contributed by atoms with Crippen molar-refractivity contribution in [1.29, 1.82) is 0 Å². The number of carbonyl (C=O) groups excluding carboxylic acids is 1. The molecule has 0 spiro atoms. The minimum atomic E-state index is 0.151. The molecule has 4 heteroatoms. The van der Waals surface area contributed by atoms with E-state index in [-0.39, 0.29) is 17.4 Å². The van der Waals surface area contributed by atoms with Crippen molar-refractivity contribution in [3.63, 3.8) is 0 Å². The van der Waals surface area contributed by atoms with Crippen molar-refractivity contribution in [2.75, 3.05) is 11.9 Å². The van der Waals surface area contributed by atoms with E-state index < -0.39 is 0 Å². The zero-order valence-electron chi connectivity index (χ0n) is 12.9. The van der Waals surface area contributed by atoms with Crippen LogP contribution in [0.15, 0.2) is 18.2 Å². The first kappa shape index (κ1) is 14.7. The Bertz CT molecular complexity index is 564. The number of rotatable bonds is 1. The number of hydrogen-bond acceptors (Lipinski definition) is 2. The molecule has 1 fully saturated rings. The van der Waals surface area contributed by atoms with Crippen LogP contribution in [0.5, 0.6) is 0 Å². The zero-order valence-corrected chi connectivity index (χ0v) is 13.7. The van der Waals surface area contributed by atoms with Gasteiger partial charge in [0.15, 0.2) is 0 Å². The number of carbonyl (C=O) groups is 1. The maximum Gasteiger partial charge on any atom is 0.223 e. The highest BCUT2D eigenvalue weighted by Crippen LogP contribution is 2.43. The van der Waals surface area contributed by atoms with Crippen molar-refractivity contribution in [2.45, 2.75) is 52.1 Å². The van der Waals surface area contributed by atoms with Gasteiger partial charge in [-0.05, 0) is 42.0 Å². The van der Waals surface area contributed by atoms with E-state index in [1.54, 1.807) is 0 Å². The molecule has 2 aliphatic heterocycles. The lowest BCUT2D eigenvalue weighted by molar-refractivity contribution is -0.130. The van der Waals surface area contributed by atoms with Gasteiger partial charge in [-0.15, -0.1) is 0 Å². The second-order valence-corrected chi connectivity index (χ2v) is 7.67. The number of hydrogen-bond donors (Lipinski definition) is 1. The number of amides is 1. The molecule has 1 saturated heterocycles. The Morgan fingerprint density at radius 3 is 2.71 bits per heavy atom. The van der Waals surface area contributed by atoms with E-state index in [9.17, 15) is 4.79 Å². The fourth-order valence-corrected chi connectivity index (χ4v) is 3.58. The average molecular weight is 307 g/mol. The number of halogens is 1. The van der Waals surface area contributed by atoms with Gasteiger partial charge in [0, 0.05) is 29.7 Å². The van der Waals surface area contributed by atoms with Gasteiger partial charge >= 0.3 is 0 Å². The van der Waals surface area contributed by atoms with Crippen molar-refractivity contribution in [2.24, 2.45) is 5.41 Å². The molecule has 0 saturated carbocycles.